The normalized spacial score (nSPS) is 15.6. The number of benzene rings is 2. The quantitative estimate of drug-likeness (QED) is 0.690. The minimum absolute atomic E-state index is 0.0631. The van der Waals surface area contributed by atoms with E-state index in [-0.39, 0.29) is 23.6 Å². The van der Waals surface area contributed by atoms with Crippen LogP contribution in [0.1, 0.15) is 34.6 Å². The van der Waals surface area contributed by atoms with Crippen LogP contribution >= 0.6 is 11.8 Å². The van der Waals surface area contributed by atoms with E-state index in [0.29, 0.717) is 29.4 Å². The van der Waals surface area contributed by atoms with Crippen LogP contribution in [-0.4, -0.2) is 27.2 Å². The molecule has 4 rings (SSSR count). The van der Waals surface area contributed by atoms with Crippen molar-refractivity contribution in [3.05, 3.63) is 71.4 Å². The lowest BCUT2D eigenvalue weighted by Gasteiger charge is -2.21. The van der Waals surface area contributed by atoms with Crippen LogP contribution in [0.2, 0.25) is 0 Å². The maximum atomic E-state index is 12.4. The van der Waals surface area contributed by atoms with E-state index < -0.39 is 0 Å². The van der Waals surface area contributed by atoms with Gasteiger partial charge in [0.05, 0.1) is 17.5 Å². The standard InChI is InChI=1S/C20H18N4O3S/c1-12-19(25)22-15-10-14(7-8-16(15)28-12)20(26)21-11-18-23-17(24-27-18)9-13-5-3-2-4-6-13/h2-8,10,12H,9,11H2,1H3,(H,21,26)(H,22,25). The van der Waals surface area contributed by atoms with Crippen molar-refractivity contribution in [2.75, 3.05) is 5.32 Å². The van der Waals surface area contributed by atoms with Gasteiger partial charge in [0.1, 0.15) is 0 Å². The molecular weight excluding hydrogens is 376 g/mol. The van der Waals surface area contributed by atoms with Gasteiger partial charge in [0, 0.05) is 16.9 Å². The Morgan fingerprint density at radius 1 is 1.25 bits per heavy atom. The van der Waals surface area contributed by atoms with Crippen molar-refractivity contribution in [2.45, 2.75) is 30.0 Å². The highest BCUT2D eigenvalue weighted by molar-refractivity contribution is 8.00. The minimum Gasteiger partial charge on any atom is -0.343 e. The number of hydrogen-bond acceptors (Lipinski definition) is 6. The van der Waals surface area contributed by atoms with E-state index >= 15 is 0 Å². The highest BCUT2D eigenvalue weighted by atomic mass is 32.2. The van der Waals surface area contributed by atoms with Crippen LogP contribution < -0.4 is 10.6 Å². The molecule has 2 amide bonds. The van der Waals surface area contributed by atoms with Crippen LogP contribution in [-0.2, 0) is 17.8 Å². The van der Waals surface area contributed by atoms with E-state index in [1.807, 2.05) is 43.3 Å². The number of carbonyl (C=O) groups is 2. The van der Waals surface area contributed by atoms with Gasteiger partial charge in [-0.15, -0.1) is 11.8 Å². The highest BCUT2D eigenvalue weighted by Gasteiger charge is 2.23. The number of fused-ring (bicyclic) bond motifs is 1. The Balaban J connectivity index is 1.37. The van der Waals surface area contributed by atoms with Crippen molar-refractivity contribution >= 4 is 29.3 Å². The largest absolute Gasteiger partial charge is 0.343 e. The van der Waals surface area contributed by atoms with Crippen LogP contribution in [0.25, 0.3) is 0 Å². The number of hydrogen-bond donors (Lipinski definition) is 2. The van der Waals surface area contributed by atoms with Gasteiger partial charge < -0.3 is 15.2 Å². The molecule has 2 heterocycles. The van der Waals surface area contributed by atoms with E-state index in [4.69, 9.17) is 4.52 Å². The Kier molecular flexibility index (Phi) is 5.12. The van der Waals surface area contributed by atoms with E-state index in [9.17, 15) is 9.59 Å². The van der Waals surface area contributed by atoms with Crippen molar-refractivity contribution in [1.82, 2.24) is 15.5 Å². The number of carbonyl (C=O) groups excluding carboxylic acids is 2. The number of rotatable bonds is 5. The Morgan fingerprint density at radius 3 is 2.89 bits per heavy atom. The van der Waals surface area contributed by atoms with Crippen LogP contribution in [0.5, 0.6) is 0 Å². The summed E-state index contributed by atoms with van der Waals surface area (Å²) in [4.78, 5) is 29.5. The van der Waals surface area contributed by atoms with Crippen molar-refractivity contribution in [2.24, 2.45) is 0 Å². The summed E-state index contributed by atoms with van der Waals surface area (Å²) in [6, 6.07) is 15.1. The summed E-state index contributed by atoms with van der Waals surface area (Å²) in [6.45, 7) is 1.98. The number of thioether (sulfide) groups is 1. The number of nitrogens with zero attached hydrogens (tertiary/aromatic N) is 2. The molecule has 1 unspecified atom stereocenters. The number of nitrogens with one attached hydrogen (secondary N) is 2. The molecule has 0 radical (unpaired) electrons. The molecule has 28 heavy (non-hydrogen) atoms. The fraction of sp³-hybridized carbons (Fsp3) is 0.200. The number of aromatic nitrogens is 2. The molecule has 0 aliphatic carbocycles. The third kappa shape index (κ3) is 4.07. The third-order valence-electron chi connectivity index (χ3n) is 4.29. The molecule has 7 nitrogen and oxygen atoms in total. The van der Waals surface area contributed by atoms with Crippen molar-refractivity contribution in [1.29, 1.82) is 0 Å². The second-order valence-corrected chi connectivity index (χ2v) is 7.79. The molecular formula is C20H18N4O3S. The average molecular weight is 394 g/mol. The molecule has 1 aliphatic rings. The topological polar surface area (TPSA) is 97.1 Å². The van der Waals surface area contributed by atoms with Gasteiger partial charge in [0.15, 0.2) is 5.82 Å². The molecule has 1 atom stereocenters. The first-order valence-corrected chi connectivity index (χ1v) is 9.71. The van der Waals surface area contributed by atoms with Crippen LogP contribution in [0.4, 0.5) is 5.69 Å². The van der Waals surface area contributed by atoms with Gasteiger partial charge in [-0.25, -0.2) is 0 Å². The predicted molar refractivity (Wildman–Crippen MR) is 105 cm³/mol. The second kappa shape index (κ2) is 7.85. The summed E-state index contributed by atoms with van der Waals surface area (Å²) in [5, 5.41) is 9.39. The Hall–Kier alpha value is -3.13. The summed E-state index contributed by atoms with van der Waals surface area (Å²) in [5.41, 5.74) is 2.20. The maximum Gasteiger partial charge on any atom is 0.251 e. The summed E-state index contributed by atoms with van der Waals surface area (Å²) in [6.07, 6.45) is 0.568. The fourth-order valence-corrected chi connectivity index (χ4v) is 3.75. The van der Waals surface area contributed by atoms with Gasteiger partial charge in [0.2, 0.25) is 11.8 Å². The number of anilines is 1. The highest BCUT2D eigenvalue weighted by Crippen LogP contribution is 2.35. The summed E-state index contributed by atoms with van der Waals surface area (Å²) < 4.78 is 5.20. The zero-order valence-corrected chi connectivity index (χ0v) is 16.0. The first kappa shape index (κ1) is 18.2. The molecule has 1 aromatic heterocycles. The Bertz CT molecular complexity index is 1020. The van der Waals surface area contributed by atoms with Crippen LogP contribution in [0, 0.1) is 0 Å². The van der Waals surface area contributed by atoms with Gasteiger partial charge in [-0.2, -0.15) is 4.98 Å². The van der Waals surface area contributed by atoms with E-state index in [2.05, 4.69) is 20.8 Å². The monoisotopic (exact) mass is 394 g/mol. The fourth-order valence-electron chi connectivity index (χ4n) is 2.82. The molecule has 0 saturated carbocycles. The molecule has 3 aromatic rings. The molecule has 2 N–H and O–H groups in total. The molecule has 0 spiro atoms. The predicted octanol–water partition coefficient (Wildman–Crippen LogP) is 3.02. The third-order valence-corrected chi connectivity index (χ3v) is 5.47. The van der Waals surface area contributed by atoms with Crippen molar-refractivity contribution in [3.63, 3.8) is 0 Å². The van der Waals surface area contributed by atoms with Gasteiger partial charge in [-0.3, -0.25) is 9.59 Å². The van der Waals surface area contributed by atoms with Gasteiger partial charge in [0.25, 0.3) is 5.91 Å². The lowest BCUT2D eigenvalue weighted by atomic mass is 10.1. The first-order chi connectivity index (χ1) is 13.6. The van der Waals surface area contributed by atoms with E-state index in [1.165, 1.54) is 11.8 Å². The van der Waals surface area contributed by atoms with Crippen LogP contribution in [0.3, 0.4) is 0 Å². The zero-order chi connectivity index (χ0) is 19.5. The molecule has 142 valence electrons. The summed E-state index contributed by atoms with van der Waals surface area (Å²) in [5.74, 6) is 0.573. The molecule has 0 saturated heterocycles. The Morgan fingerprint density at radius 2 is 2.07 bits per heavy atom. The van der Waals surface area contributed by atoms with Gasteiger partial charge >= 0.3 is 0 Å². The Labute approximate surface area is 165 Å². The lowest BCUT2D eigenvalue weighted by molar-refractivity contribution is -0.115. The smallest absolute Gasteiger partial charge is 0.251 e. The summed E-state index contributed by atoms with van der Waals surface area (Å²) in [7, 11) is 0. The lowest BCUT2D eigenvalue weighted by Crippen LogP contribution is -2.27. The second-order valence-electron chi connectivity index (χ2n) is 6.41. The first-order valence-electron chi connectivity index (χ1n) is 8.83. The van der Waals surface area contributed by atoms with Crippen molar-refractivity contribution in [3.8, 4) is 0 Å². The number of amides is 2. The van der Waals surface area contributed by atoms with Gasteiger partial charge in [-0.1, -0.05) is 35.5 Å². The summed E-state index contributed by atoms with van der Waals surface area (Å²) >= 11 is 1.48. The molecule has 8 heteroatoms. The van der Waals surface area contributed by atoms with Gasteiger partial charge in [-0.05, 0) is 30.7 Å². The van der Waals surface area contributed by atoms with Crippen molar-refractivity contribution < 1.29 is 14.1 Å². The van der Waals surface area contributed by atoms with Crippen LogP contribution in [0.15, 0.2) is 57.9 Å². The molecule has 0 fully saturated rings. The molecule has 1 aliphatic heterocycles. The SMILES string of the molecule is CC1Sc2ccc(C(=O)NCc3nc(Cc4ccccc4)no3)cc2NC1=O. The zero-order valence-electron chi connectivity index (χ0n) is 15.1. The van der Waals surface area contributed by atoms with E-state index in [1.54, 1.807) is 12.1 Å². The molecule has 2 aromatic carbocycles. The van der Waals surface area contributed by atoms with E-state index in [0.717, 1.165) is 10.5 Å². The minimum atomic E-state index is -0.275. The average Bonchev–Trinajstić information content (AvgIpc) is 3.15. The maximum absolute atomic E-state index is 12.4. The molecule has 0 bridgehead atoms.